The van der Waals surface area contributed by atoms with Crippen LogP contribution in [-0.2, 0) is 0 Å². The van der Waals surface area contributed by atoms with Gasteiger partial charge in [-0.2, -0.15) is 14.4 Å². The third kappa shape index (κ3) is 2.27. The summed E-state index contributed by atoms with van der Waals surface area (Å²) in [6.07, 6.45) is 1.61. The van der Waals surface area contributed by atoms with Gasteiger partial charge in [0.1, 0.15) is 0 Å². The van der Waals surface area contributed by atoms with Gasteiger partial charge in [0.2, 0.25) is 15.8 Å². The zero-order valence-corrected chi connectivity index (χ0v) is 13.6. The van der Waals surface area contributed by atoms with Gasteiger partial charge in [0.15, 0.2) is 0 Å². The number of nitrogens with zero attached hydrogens (tertiary/aromatic N) is 7. The molecule has 0 unspecified atom stereocenters. The molecule has 4 rings (SSSR count). The van der Waals surface area contributed by atoms with Crippen molar-refractivity contribution in [1.82, 2.24) is 29.0 Å². The molecule has 10 heteroatoms. The van der Waals surface area contributed by atoms with Crippen LogP contribution in [0.2, 0.25) is 0 Å². The monoisotopic (exact) mass is 341 g/mol. The zero-order chi connectivity index (χ0) is 16.8. The van der Waals surface area contributed by atoms with E-state index in [9.17, 15) is 10.1 Å². The van der Waals surface area contributed by atoms with Crippen LogP contribution in [0.5, 0.6) is 0 Å². The molecule has 0 fully saturated rings. The average Bonchev–Trinajstić information content (AvgIpc) is 3.07. The van der Waals surface area contributed by atoms with Crippen LogP contribution >= 0.6 is 11.8 Å². The number of nitro groups is 1. The average molecular weight is 341 g/mol. The summed E-state index contributed by atoms with van der Waals surface area (Å²) in [6, 6.07) is 7.10. The molecular weight excluding hydrogens is 330 g/mol. The first-order chi connectivity index (χ1) is 11.5. The van der Waals surface area contributed by atoms with Gasteiger partial charge in [-0.15, -0.1) is 5.10 Å². The number of imidazole rings is 1. The van der Waals surface area contributed by atoms with Crippen LogP contribution < -0.4 is 0 Å². The molecule has 0 aromatic carbocycles. The first kappa shape index (κ1) is 14.6. The Morgan fingerprint density at radius 1 is 1.21 bits per heavy atom. The largest absolute Gasteiger partial charge is 0.362 e. The van der Waals surface area contributed by atoms with E-state index >= 15 is 0 Å². The predicted octanol–water partition coefficient (Wildman–Crippen LogP) is 2.45. The summed E-state index contributed by atoms with van der Waals surface area (Å²) in [5.41, 5.74) is 2.23. The standard InChI is InChI=1S/C14H11N7O2S/c1-8-7-9(2)20-13(15-8)17-14(18-20)24-11-12(21(22)23)19-6-4-3-5-10(19)16-11/h3-7H,1-2H3. The molecule has 0 aliphatic rings. The number of aryl methyl sites for hydroxylation is 2. The van der Waals surface area contributed by atoms with Gasteiger partial charge in [-0.3, -0.25) is 0 Å². The van der Waals surface area contributed by atoms with Crippen molar-refractivity contribution in [2.24, 2.45) is 0 Å². The summed E-state index contributed by atoms with van der Waals surface area (Å²) in [5, 5.41) is 16.4. The lowest BCUT2D eigenvalue weighted by molar-refractivity contribution is -0.393. The maximum absolute atomic E-state index is 11.4. The lowest BCUT2D eigenvalue weighted by atomic mass is 10.4. The molecule has 4 aromatic heterocycles. The van der Waals surface area contributed by atoms with E-state index in [1.165, 1.54) is 4.40 Å². The number of rotatable bonds is 3. The molecule has 0 atom stereocenters. The summed E-state index contributed by atoms with van der Waals surface area (Å²) < 4.78 is 3.04. The van der Waals surface area contributed by atoms with Gasteiger partial charge in [-0.05, 0) is 42.7 Å². The van der Waals surface area contributed by atoms with Crippen molar-refractivity contribution in [1.29, 1.82) is 0 Å². The summed E-state index contributed by atoms with van der Waals surface area (Å²) in [5.74, 6) is 0.358. The van der Waals surface area contributed by atoms with E-state index in [0.29, 0.717) is 16.6 Å². The highest BCUT2D eigenvalue weighted by molar-refractivity contribution is 7.99. The molecular formula is C14H11N7O2S. The highest BCUT2D eigenvalue weighted by atomic mass is 32.2. The molecule has 0 bridgehead atoms. The van der Waals surface area contributed by atoms with E-state index in [1.54, 1.807) is 28.9 Å². The Balaban J connectivity index is 1.83. The van der Waals surface area contributed by atoms with E-state index in [1.807, 2.05) is 19.9 Å². The van der Waals surface area contributed by atoms with Crippen molar-refractivity contribution in [2.45, 2.75) is 24.0 Å². The first-order valence-corrected chi connectivity index (χ1v) is 7.85. The Hall–Kier alpha value is -3.01. The first-order valence-electron chi connectivity index (χ1n) is 7.03. The van der Waals surface area contributed by atoms with Crippen molar-refractivity contribution in [3.63, 3.8) is 0 Å². The van der Waals surface area contributed by atoms with Crippen LogP contribution in [0.1, 0.15) is 11.4 Å². The van der Waals surface area contributed by atoms with Gasteiger partial charge >= 0.3 is 5.82 Å². The summed E-state index contributed by atoms with van der Waals surface area (Å²) in [4.78, 5) is 23.9. The van der Waals surface area contributed by atoms with Crippen LogP contribution in [0, 0.1) is 24.0 Å². The Labute approximate surface area is 139 Å². The van der Waals surface area contributed by atoms with Crippen molar-refractivity contribution < 1.29 is 4.92 Å². The van der Waals surface area contributed by atoms with Crippen molar-refractivity contribution in [3.8, 4) is 0 Å². The van der Waals surface area contributed by atoms with E-state index < -0.39 is 4.92 Å². The molecule has 0 amide bonds. The summed E-state index contributed by atoms with van der Waals surface area (Å²) in [7, 11) is 0. The number of pyridine rings is 1. The molecule has 0 radical (unpaired) electrons. The molecule has 0 spiro atoms. The van der Waals surface area contributed by atoms with Crippen LogP contribution in [0.3, 0.4) is 0 Å². The van der Waals surface area contributed by atoms with Gasteiger partial charge < -0.3 is 10.1 Å². The van der Waals surface area contributed by atoms with Crippen molar-refractivity contribution in [3.05, 3.63) is 52.0 Å². The summed E-state index contributed by atoms with van der Waals surface area (Å²) in [6.45, 7) is 3.78. The number of hydrogen-bond donors (Lipinski definition) is 0. The van der Waals surface area contributed by atoms with Crippen LogP contribution in [-0.4, -0.2) is 33.9 Å². The zero-order valence-electron chi connectivity index (χ0n) is 12.7. The Morgan fingerprint density at radius 3 is 2.83 bits per heavy atom. The van der Waals surface area contributed by atoms with Crippen LogP contribution in [0.4, 0.5) is 5.82 Å². The second-order valence-corrected chi connectivity index (χ2v) is 6.13. The van der Waals surface area contributed by atoms with E-state index in [-0.39, 0.29) is 10.8 Å². The van der Waals surface area contributed by atoms with Crippen molar-refractivity contribution >= 4 is 29.0 Å². The molecule has 0 aliphatic heterocycles. The molecule has 0 saturated carbocycles. The van der Waals surface area contributed by atoms with Gasteiger partial charge in [-0.25, -0.2) is 9.50 Å². The predicted molar refractivity (Wildman–Crippen MR) is 86.2 cm³/mol. The minimum Gasteiger partial charge on any atom is -0.358 e. The van der Waals surface area contributed by atoms with Gasteiger partial charge in [0.05, 0.1) is 6.20 Å². The second-order valence-electron chi connectivity index (χ2n) is 5.17. The molecule has 0 aliphatic carbocycles. The molecule has 0 N–H and O–H groups in total. The Kier molecular flexibility index (Phi) is 3.20. The fourth-order valence-electron chi connectivity index (χ4n) is 2.47. The smallest absolute Gasteiger partial charge is 0.358 e. The van der Waals surface area contributed by atoms with E-state index in [4.69, 9.17) is 0 Å². The molecule has 4 heterocycles. The number of fused-ring (bicyclic) bond motifs is 2. The van der Waals surface area contributed by atoms with Gasteiger partial charge in [0, 0.05) is 17.5 Å². The van der Waals surface area contributed by atoms with Crippen LogP contribution in [0.25, 0.3) is 11.4 Å². The third-order valence-electron chi connectivity index (χ3n) is 3.43. The maximum atomic E-state index is 11.4. The van der Waals surface area contributed by atoms with E-state index in [2.05, 4.69) is 20.1 Å². The van der Waals surface area contributed by atoms with Crippen LogP contribution in [0.15, 0.2) is 40.6 Å². The lowest BCUT2D eigenvalue weighted by Crippen LogP contribution is -1.97. The molecule has 9 nitrogen and oxygen atoms in total. The number of hydrogen-bond acceptors (Lipinski definition) is 7. The molecule has 0 saturated heterocycles. The SMILES string of the molecule is Cc1cc(C)n2nc(Sc3nc4ccccn4c3[N+](=O)[O-])nc2n1. The van der Waals surface area contributed by atoms with Crippen molar-refractivity contribution in [2.75, 3.05) is 0 Å². The molecule has 24 heavy (non-hydrogen) atoms. The third-order valence-corrected chi connectivity index (χ3v) is 4.26. The lowest BCUT2D eigenvalue weighted by Gasteiger charge is -1.97. The highest BCUT2D eigenvalue weighted by Gasteiger charge is 2.24. The minimum atomic E-state index is -0.453. The fraction of sp³-hybridized carbons (Fsp3) is 0.143. The summed E-state index contributed by atoms with van der Waals surface area (Å²) >= 11 is 1.05. The second kappa shape index (κ2) is 5.27. The quantitative estimate of drug-likeness (QED) is 0.416. The number of aromatic nitrogens is 6. The normalized spacial score (nSPS) is 11.4. The minimum absolute atomic E-state index is 0.102. The highest BCUT2D eigenvalue weighted by Crippen LogP contribution is 2.33. The van der Waals surface area contributed by atoms with Gasteiger partial charge in [-0.1, -0.05) is 6.07 Å². The van der Waals surface area contributed by atoms with E-state index in [0.717, 1.165) is 23.1 Å². The Morgan fingerprint density at radius 2 is 2.04 bits per heavy atom. The molecule has 4 aromatic rings. The van der Waals surface area contributed by atoms with Gasteiger partial charge in [0.25, 0.3) is 5.78 Å². The maximum Gasteiger partial charge on any atom is 0.362 e. The topological polar surface area (TPSA) is 104 Å². The fourth-order valence-corrected chi connectivity index (χ4v) is 3.30. The molecule has 120 valence electrons. The Bertz CT molecular complexity index is 1100.